The quantitative estimate of drug-likeness (QED) is 0.756. The van der Waals surface area contributed by atoms with Gasteiger partial charge in [0.1, 0.15) is 0 Å². The van der Waals surface area contributed by atoms with Gasteiger partial charge < -0.3 is 4.90 Å². The molecule has 1 heterocycles. The molecule has 1 aliphatic heterocycles. The summed E-state index contributed by atoms with van der Waals surface area (Å²) in [6.07, 6.45) is 0.697. The first-order valence-electron chi connectivity index (χ1n) is 8.67. The van der Waals surface area contributed by atoms with Gasteiger partial charge in [0.2, 0.25) is 15.9 Å². The molecular formula is C18H28N2O3S2. The van der Waals surface area contributed by atoms with Crippen molar-refractivity contribution in [3.05, 3.63) is 23.8 Å². The van der Waals surface area contributed by atoms with Crippen LogP contribution in [-0.2, 0) is 21.2 Å². The van der Waals surface area contributed by atoms with Crippen LogP contribution in [0.1, 0.15) is 40.2 Å². The molecule has 1 amide bonds. The Bertz CT molecular complexity index is 735. The number of fused-ring (bicyclic) bond motifs is 1. The van der Waals surface area contributed by atoms with Crippen molar-refractivity contribution in [1.82, 2.24) is 4.31 Å². The summed E-state index contributed by atoms with van der Waals surface area (Å²) in [6.45, 7) is 11.5. The molecule has 0 saturated heterocycles. The lowest BCUT2D eigenvalue weighted by Gasteiger charge is -2.22. The Morgan fingerprint density at radius 1 is 1.24 bits per heavy atom. The maximum atomic E-state index is 12.7. The van der Waals surface area contributed by atoms with E-state index in [9.17, 15) is 13.2 Å². The van der Waals surface area contributed by atoms with Gasteiger partial charge in [-0.1, -0.05) is 34.6 Å². The first-order valence-corrected chi connectivity index (χ1v) is 11.1. The second-order valence-corrected chi connectivity index (χ2v) is 10.8. The number of rotatable bonds is 6. The number of benzene rings is 1. The van der Waals surface area contributed by atoms with Crippen LogP contribution >= 0.6 is 11.8 Å². The maximum Gasteiger partial charge on any atom is 0.243 e. The normalized spacial score (nSPS) is 14.9. The molecule has 7 heteroatoms. The van der Waals surface area contributed by atoms with Gasteiger partial charge in [0.15, 0.2) is 0 Å². The molecule has 25 heavy (non-hydrogen) atoms. The van der Waals surface area contributed by atoms with Gasteiger partial charge in [-0.15, -0.1) is 11.8 Å². The number of carbonyl (C=O) groups excluding carboxylic acids is 1. The van der Waals surface area contributed by atoms with Crippen molar-refractivity contribution in [1.29, 1.82) is 0 Å². The number of hydrogen-bond acceptors (Lipinski definition) is 4. The number of anilines is 1. The Kier molecular flexibility index (Phi) is 6.22. The van der Waals surface area contributed by atoms with Gasteiger partial charge in [-0.3, -0.25) is 4.79 Å². The molecule has 0 N–H and O–H groups in total. The molecule has 140 valence electrons. The Labute approximate surface area is 155 Å². The van der Waals surface area contributed by atoms with Crippen LogP contribution in [0.4, 0.5) is 5.69 Å². The highest BCUT2D eigenvalue weighted by Gasteiger charge is 2.29. The van der Waals surface area contributed by atoms with Crippen molar-refractivity contribution in [2.45, 2.75) is 50.7 Å². The molecule has 0 fully saturated rings. The van der Waals surface area contributed by atoms with E-state index >= 15 is 0 Å². The Balaban J connectivity index is 2.22. The van der Waals surface area contributed by atoms with Gasteiger partial charge in [-0.25, -0.2) is 8.42 Å². The van der Waals surface area contributed by atoms with Crippen LogP contribution < -0.4 is 4.90 Å². The molecule has 0 bridgehead atoms. The van der Waals surface area contributed by atoms with E-state index in [1.54, 1.807) is 34.9 Å². The summed E-state index contributed by atoms with van der Waals surface area (Å²) in [4.78, 5) is 14.6. The summed E-state index contributed by atoms with van der Waals surface area (Å²) in [5.74, 6) is 0.514. The summed E-state index contributed by atoms with van der Waals surface area (Å²) in [7, 11) is -3.46. The third-order valence-corrected chi connectivity index (χ3v) is 7.52. The molecule has 1 aromatic rings. The van der Waals surface area contributed by atoms with Crippen LogP contribution in [0.25, 0.3) is 0 Å². The summed E-state index contributed by atoms with van der Waals surface area (Å²) >= 11 is 1.63. The monoisotopic (exact) mass is 384 g/mol. The molecule has 2 rings (SSSR count). The highest BCUT2D eigenvalue weighted by Crippen LogP contribution is 2.32. The zero-order valence-electron chi connectivity index (χ0n) is 15.7. The number of hydrogen-bond donors (Lipinski definition) is 0. The highest BCUT2D eigenvalue weighted by molar-refractivity contribution is 8.01. The predicted molar refractivity (Wildman–Crippen MR) is 105 cm³/mol. The average Bonchev–Trinajstić information content (AvgIpc) is 2.96. The van der Waals surface area contributed by atoms with Gasteiger partial charge >= 0.3 is 0 Å². The largest absolute Gasteiger partial charge is 0.311 e. The van der Waals surface area contributed by atoms with Crippen LogP contribution in [0.5, 0.6) is 0 Å². The van der Waals surface area contributed by atoms with E-state index in [4.69, 9.17) is 0 Å². The molecule has 1 aliphatic rings. The fourth-order valence-corrected chi connectivity index (χ4v) is 5.09. The fraction of sp³-hybridized carbons (Fsp3) is 0.611. The molecule has 0 unspecified atom stereocenters. The minimum Gasteiger partial charge on any atom is -0.311 e. The molecule has 0 radical (unpaired) electrons. The van der Waals surface area contributed by atoms with E-state index < -0.39 is 10.0 Å². The van der Waals surface area contributed by atoms with Crippen LogP contribution in [0.15, 0.2) is 23.1 Å². The minimum atomic E-state index is -3.46. The topological polar surface area (TPSA) is 57.7 Å². The average molecular weight is 385 g/mol. The molecule has 0 saturated carbocycles. The second-order valence-electron chi connectivity index (χ2n) is 7.08. The van der Waals surface area contributed by atoms with Crippen molar-refractivity contribution in [2.24, 2.45) is 0 Å². The van der Waals surface area contributed by atoms with Crippen molar-refractivity contribution in [3.8, 4) is 0 Å². The third kappa shape index (κ3) is 4.57. The van der Waals surface area contributed by atoms with Crippen LogP contribution in [0.2, 0.25) is 0 Å². The smallest absolute Gasteiger partial charge is 0.243 e. The fourth-order valence-electron chi connectivity index (χ4n) is 2.87. The van der Waals surface area contributed by atoms with Crippen molar-refractivity contribution in [3.63, 3.8) is 0 Å². The molecule has 0 spiro atoms. The SMILES string of the molecule is CCN(CC)S(=O)(=O)c1ccc2c(c1)CCN2C(=O)CSC(C)(C)C. The first-order chi connectivity index (χ1) is 11.6. The van der Waals surface area contributed by atoms with Crippen molar-refractivity contribution < 1.29 is 13.2 Å². The number of thioether (sulfide) groups is 1. The highest BCUT2D eigenvalue weighted by atomic mass is 32.2. The van der Waals surface area contributed by atoms with Gasteiger partial charge in [-0.05, 0) is 30.2 Å². The molecule has 0 aromatic heterocycles. The predicted octanol–water partition coefficient (Wildman–Crippen LogP) is 3.14. The number of amides is 1. The van der Waals surface area contributed by atoms with Gasteiger partial charge in [-0.2, -0.15) is 4.31 Å². The number of carbonyl (C=O) groups is 1. The molecular weight excluding hydrogens is 356 g/mol. The summed E-state index contributed by atoms with van der Waals surface area (Å²) in [6, 6.07) is 5.13. The third-order valence-electron chi connectivity index (χ3n) is 4.22. The molecule has 1 aromatic carbocycles. The van der Waals surface area contributed by atoms with E-state index in [1.807, 2.05) is 13.8 Å². The van der Waals surface area contributed by atoms with E-state index in [2.05, 4.69) is 20.8 Å². The second kappa shape index (κ2) is 7.68. The van der Waals surface area contributed by atoms with Crippen molar-refractivity contribution >= 4 is 33.4 Å². The Hall–Kier alpha value is -1.05. The first kappa shape index (κ1) is 20.3. The van der Waals surface area contributed by atoms with Gasteiger partial charge in [0.25, 0.3) is 0 Å². The van der Waals surface area contributed by atoms with Gasteiger partial charge in [0.05, 0.1) is 10.6 Å². The number of nitrogens with zero attached hydrogens (tertiary/aromatic N) is 2. The van der Waals surface area contributed by atoms with E-state index in [-0.39, 0.29) is 10.7 Å². The molecule has 5 nitrogen and oxygen atoms in total. The van der Waals surface area contributed by atoms with E-state index in [0.29, 0.717) is 36.7 Å². The lowest BCUT2D eigenvalue weighted by Crippen LogP contribution is -2.32. The van der Waals surface area contributed by atoms with E-state index in [0.717, 1.165) is 11.3 Å². The molecule has 0 atom stereocenters. The maximum absolute atomic E-state index is 12.7. The minimum absolute atomic E-state index is 0.0416. The Morgan fingerprint density at radius 3 is 2.44 bits per heavy atom. The van der Waals surface area contributed by atoms with Crippen molar-refractivity contribution in [2.75, 3.05) is 30.3 Å². The van der Waals surface area contributed by atoms with Crippen LogP contribution in [0.3, 0.4) is 0 Å². The number of sulfonamides is 1. The standard InChI is InChI=1S/C18H28N2O3S2/c1-6-19(7-2)25(22,23)15-8-9-16-14(12-15)10-11-20(16)17(21)13-24-18(3,4)5/h8-9,12H,6-7,10-11,13H2,1-5H3. The Morgan fingerprint density at radius 2 is 1.88 bits per heavy atom. The van der Waals surface area contributed by atoms with Crippen LogP contribution in [-0.4, -0.2) is 48.8 Å². The summed E-state index contributed by atoms with van der Waals surface area (Å²) in [5, 5.41) is 0. The zero-order chi connectivity index (χ0) is 18.8. The summed E-state index contributed by atoms with van der Waals surface area (Å²) in [5.41, 5.74) is 1.78. The van der Waals surface area contributed by atoms with Gasteiger partial charge in [0, 0.05) is 30.1 Å². The van der Waals surface area contributed by atoms with E-state index in [1.165, 1.54) is 4.31 Å². The molecule has 0 aliphatic carbocycles. The van der Waals surface area contributed by atoms with Crippen LogP contribution in [0, 0.1) is 0 Å². The lowest BCUT2D eigenvalue weighted by molar-refractivity contribution is -0.116. The summed E-state index contributed by atoms with van der Waals surface area (Å²) < 4.78 is 26.8. The zero-order valence-corrected chi connectivity index (χ0v) is 17.3. The lowest BCUT2D eigenvalue weighted by atomic mass is 10.2.